The average molecular weight is 481 g/mol. The molecule has 1 aliphatic rings. The molecule has 0 bridgehead atoms. The lowest BCUT2D eigenvalue weighted by Gasteiger charge is -2.38. The van der Waals surface area contributed by atoms with Crippen molar-refractivity contribution in [1.29, 1.82) is 0 Å². The minimum atomic E-state index is -3.24. The minimum absolute atomic E-state index is 0. The van der Waals surface area contributed by atoms with Crippen molar-refractivity contribution in [2.24, 2.45) is 11.1 Å². The summed E-state index contributed by atoms with van der Waals surface area (Å²) in [4.78, 5) is 12.8. The van der Waals surface area contributed by atoms with Crippen LogP contribution >= 0.6 is 12.4 Å². The number of ether oxygens (including phenoxy) is 1. The second-order valence-corrected chi connectivity index (χ2v) is 10.6. The van der Waals surface area contributed by atoms with E-state index < -0.39 is 15.3 Å². The predicted octanol–water partition coefficient (Wildman–Crippen LogP) is 3.75. The molecule has 0 aromatic heterocycles. The summed E-state index contributed by atoms with van der Waals surface area (Å²) >= 11 is 0. The molecule has 3 rings (SSSR count). The third-order valence-corrected chi connectivity index (χ3v) is 8.36. The Bertz CT molecular complexity index is 1030. The molecule has 8 heteroatoms. The highest BCUT2D eigenvalue weighted by Crippen LogP contribution is 2.41. The van der Waals surface area contributed by atoms with Crippen LogP contribution in [0.4, 0.5) is 0 Å². The Labute approximate surface area is 197 Å². The number of rotatable bonds is 8. The topological polar surface area (TPSA) is 98.5 Å². The van der Waals surface area contributed by atoms with Crippen molar-refractivity contribution in [3.63, 3.8) is 0 Å². The minimum Gasteiger partial charge on any atom is -0.496 e. The highest BCUT2D eigenvalue weighted by Gasteiger charge is 2.40. The SMILES string of the molecule is CCS(=O)(=O)c1ccc(-c2ccc(OC)c(CC3(C(N)=O)CCC(NC)CC3)c2)cc1.Cl. The Morgan fingerprint density at radius 3 is 2.22 bits per heavy atom. The van der Waals surface area contributed by atoms with Crippen molar-refractivity contribution in [2.75, 3.05) is 19.9 Å². The molecule has 0 heterocycles. The van der Waals surface area contributed by atoms with E-state index in [1.165, 1.54) is 0 Å². The number of nitrogens with one attached hydrogen (secondary N) is 1. The Kier molecular flexibility index (Phi) is 8.74. The molecule has 1 fully saturated rings. The summed E-state index contributed by atoms with van der Waals surface area (Å²) in [6.07, 6.45) is 3.83. The monoisotopic (exact) mass is 480 g/mol. The van der Waals surface area contributed by atoms with Crippen LogP contribution in [-0.4, -0.2) is 40.3 Å². The van der Waals surface area contributed by atoms with E-state index >= 15 is 0 Å². The molecule has 176 valence electrons. The third-order valence-electron chi connectivity index (χ3n) is 6.61. The number of carbonyl (C=O) groups is 1. The highest BCUT2D eigenvalue weighted by atomic mass is 35.5. The van der Waals surface area contributed by atoms with E-state index in [0.717, 1.165) is 48.1 Å². The molecule has 1 amide bonds. The number of methoxy groups -OCH3 is 1. The molecule has 0 unspecified atom stereocenters. The van der Waals surface area contributed by atoms with Gasteiger partial charge < -0.3 is 15.8 Å². The van der Waals surface area contributed by atoms with Gasteiger partial charge in [-0.2, -0.15) is 0 Å². The van der Waals surface area contributed by atoms with Crippen LogP contribution in [0, 0.1) is 5.41 Å². The summed E-state index contributed by atoms with van der Waals surface area (Å²) in [5, 5.41) is 3.30. The van der Waals surface area contributed by atoms with Crippen molar-refractivity contribution >= 4 is 28.2 Å². The summed E-state index contributed by atoms with van der Waals surface area (Å²) < 4.78 is 29.8. The molecule has 0 saturated heterocycles. The number of sulfone groups is 1. The van der Waals surface area contributed by atoms with Gasteiger partial charge in [0.15, 0.2) is 9.84 Å². The summed E-state index contributed by atoms with van der Waals surface area (Å²) in [7, 11) is 0.337. The zero-order valence-electron chi connectivity index (χ0n) is 18.9. The maximum absolute atomic E-state index is 12.5. The van der Waals surface area contributed by atoms with E-state index in [0.29, 0.717) is 17.4 Å². The number of primary amides is 1. The largest absolute Gasteiger partial charge is 0.496 e. The number of carbonyl (C=O) groups excluding carboxylic acids is 1. The number of hydrogen-bond donors (Lipinski definition) is 2. The second-order valence-electron chi connectivity index (χ2n) is 8.34. The predicted molar refractivity (Wildman–Crippen MR) is 130 cm³/mol. The zero-order valence-corrected chi connectivity index (χ0v) is 20.5. The Morgan fingerprint density at radius 2 is 1.72 bits per heavy atom. The Balaban J connectivity index is 0.00000363. The van der Waals surface area contributed by atoms with Gasteiger partial charge in [0.2, 0.25) is 5.91 Å². The maximum atomic E-state index is 12.5. The number of nitrogens with two attached hydrogens (primary N) is 1. The number of amides is 1. The van der Waals surface area contributed by atoms with Gasteiger partial charge in [-0.15, -0.1) is 12.4 Å². The molecule has 0 atom stereocenters. The van der Waals surface area contributed by atoms with E-state index in [-0.39, 0.29) is 24.1 Å². The number of halogens is 1. The van der Waals surface area contributed by atoms with Gasteiger partial charge in [-0.05, 0) is 80.1 Å². The van der Waals surface area contributed by atoms with Crippen molar-refractivity contribution in [2.45, 2.75) is 50.0 Å². The molecule has 0 radical (unpaired) electrons. The van der Waals surface area contributed by atoms with Gasteiger partial charge in [0.1, 0.15) is 5.75 Å². The van der Waals surface area contributed by atoms with Gasteiger partial charge in [-0.3, -0.25) is 4.79 Å². The molecular formula is C24H33ClN2O4S. The summed E-state index contributed by atoms with van der Waals surface area (Å²) in [5.74, 6) is 0.539. The first-order valence-electron chi connectivity index (χ1n) is 10.7. The van der Waals surface area contributed by atoms with Gasteiger partial charge in [0.05, 0.1) is 23.2 Å². The van der Waals surface area contributed by atoms with Crippen LogP contribution in [0.2, 0.25) is 0 Å². The number of hydrogen-bond acceptors (Lipinski definition) is 5. The third kappa shape index (κ3) is 5.45. The highest BCUT2D eigenvalue weighted by molar-refractivity contribution is 7.91. The first-order chi connectivity index (χ1) is 14.7. The fourth-order valence-electron chi connectivity index (χ4n) is 4.45. The van der Waals surface area contributed by atoms with Gasteiger partial charge in [-0.25, -0.2) is 8.42 Å². The molecule has 2 aromatic carbocycles. The smallest absolute Gasteiger partial charge is 0.223 e. The van der Waals surface area contributed by atoms with Crippen molar-refractivity contribution < 1.29 is 17.9 Å². The molecule has 0 spiro atoms. The van der Waals surface area contributed by atoms with E-state index in [4.69, 9.17) is 10.5 Å². The van der Waals surface area contributed by atoms with Crippen LogP contribution in [0.15, 0.2) is 47.4 Å². The van der Waals surface area contributed by atoms with Crippen LogP contribution in [0.25, 0.3) is 11.1 Å². The summed E-state index contributed by atoms with van der Waals surface area (Å²) in [5.41, 5.74) is 8.10. The van der Waals surface area contributed by atoms with Gasteiger partial charge in [-0.1, -0.05) is 25.1 Å². The molecule has 2 aromatic rings. The zero-order chi connectivity index (χ0) is 22.6. The van der Waals surface area contributed by atoms with Crippen molar-refractivity contribution in [3.8, 4) is 16.9 Å². The number of benzene rings is 2. The van der Waals surface area contributed by atoms with Crippen molar-refractivity contribution in [3.05, 3.63) is 48.0 Å². The van der Waals surface area contributed by atoms with Gasteiger partial charge in [0, 0.05) is 6.04 Å². The van der Waals surface area contributed by atoms with Crippen LogP contribution in [-0.2, 0) is 21.1 Å². The molecular weight excluding hydrogens is 448 g/mol. The molecule has 32 heavy (non-hydrogen) atoms. The van der Waals surface area contributed by atoms with Crippen LogP contribution in [0.1, 0.15) is 38.2 Å². The van der Waals surface area contributed by atoms with Gasteiger partial charge in [0.25, 0.3) is 0 Å². The normalized spacial score (nSPS) is 20.9. The van der Waals surface area contributed by atoms with Gasteiger partial charge >= 0.3 is 0 Å². The average Bonchev–Trinajstić information content (AvgIpc) is 2.79. The Hall–Kier alpha value is -2.09. The lowest BCUT2D eigenvalue weighted by molar-refractivity contribution is -0.129. The van der Waals surface area contributed by atoms with Crippen LogP contribution in [0.5, 0.6) is 5.75 Å². The first-order valence-corrected chi connectivity index (χ1v) is 12.4. The molecule has 1 saturated carbocycles. The molecule has 0 aliphatic heterocycles. The maximum Gasteiger partial charge on any atom is 0.223 e. The fourth-order valence-corrected chi connectivity index (χ4v) is 5.34. The van der Waals surface area contributed by atoms with E-state index in [9.17, 15) is 13.2 Å². The molecule has 3 N–H and O–H groups in total. The van der Waals surface area contributed by atoms with Crippen LogP contribution < -0.4 is 15.8 Å². The summed E-state index contributed by atoms with van der Waals surface area (Å²) in [6.45, 7) is 1.64. The first kappa shape index (κ1) is 26.2. The van der Waals surface area contributed by atoms with Crippen molar-refractivity contribution in [1.82, 2.24) is 5.32 Å². The molecule has 6 nitrogen and oxygen atoms in total. The quantitative estimate of drug-likeness (QED) is 0.599. The van der Waals surface area contributed by atoms with E-state index in [1.807, 2.05) is 37.4 Å². The van der Waals surface area contributed by atoms with Crippen LogP contribution in [0.3, 0.4) is 0 Å². The molecule has 1 aliphatic carbocycles. The summed E-state index contributed by atoms with van der Waals surface area (Å²) in [6, 6.07) is 13.2. The second kappa shape index (κ2) is 10.7. The lowest BCUT2D eigenvalue weighted by atomic mass is 9.68. The lowest BCUT2D eigenvalue weighted by Crippen LogP contribution is -2.45. The standard InChI is InChI=1S/C24H32N2O4S.ClH/c1-4-31(28,29)21-8-5-17(6-9-21)18-7-10-22(30-3)19(15-18)16-24(23(25)27)13-11-20(26-2)12-14-24;/h5-10,15,20,26H,4,11-14,16H2,1-3H3,(H2,25,27);1H. The van der Waals surface area contributed by atoms with E-state index in [2.05, 4.69) is 5.32 Å². The fraction of sp³-hybridized carbons (Fsp3) is 0.458. The van der Waals surface area contributed by atoms with E-state index in [1.54, 1.807) is 26.2 Å². The Morgan fingerprint density at radius 1 is 1.12 bits per heavy atom.